The van der Waals surface area contributed by atoms with E-state index in [1.165, 1.54) is 28.2 Å². The van der Waals surface area contributed by atoms with Crippen LogP contribution in [0, 0.1) is 27.3 Å². The van der Waals surface area contributed by atoms with Crippen LogP contribution in [-0.4, -0.2) is 91.9 Å². The lowest BCUT2D eigenvalue weighted by Gasteiger charge is -2.22. The van der Waals surface area contributed by atoms with E-state index in [4.69, 9.17) is 18.2 Å². The Labute approximate surface area is 553 Å². The topological polar surface area (TPSA) is 312 Å². The summed E-state index contributed by atoms with van der Waals surface area (Å²) in [7, 11) is 1.79. The number of halogens is 1. The zero-order valence-electron chi connectivity index (χ0n) is 58.2. The molecule has 12 rings (SSSR count). The van der Waals surface area contributed by atoms with E-state index in [0.29, 0.717) is 71.6 Å². The van der Waals surface area contributed by atoms with Crippen LogP contribution in [0.3, 0.4) is 0 Å². The molecule has 500 valence electrons. The molecule has 0 N–H and O–H groups in total. The lowest BCUT2D eigenvalue weighted by atomic mass is 10.1. The van der Waals surface area contributed by atoms with Crippen molar-refractivity contribution in [1.29, 1.82) is 0 Å². The van der Waals surface area contributed by atoms with E-state index < -0.39 is 0 Å². The first-order valence-electron chi connectivity index (χ1n) is 30.4. The third kappa shape index (κ3) is 15.7. The van der Waals surface area contributed by atoms with Crippen LogP contribution in [-0.2, 0) is 40.3 Å². The van der Waals surface area contributed by atoms with Gasteiger partial charge in [0, 0.05) is 47.1 Å². The fourth-order valence-electron chi connectivity index (χ4n) is 9.67. The molecule has 11 aromatic heterocycles. The number of hydrogen-bond acceptors (Lipinski definition) is 19. The van der Waals surface area contributed by atoms with Crippen LogP contribution in [0.1, 0.15) is 160 Å². The number of nitrogens with zero attached hydrogens (tertiary/aromatic N) is 22. The van der Waals surface area contributed by atoms with E-state index in [1.54, 1.807) is 103 Å². The van der Waals surface area contributed by atoms with Crippen molar-refractivity contribution in [1.82, 2.24) is 91.9 Å². The molecular formula is C66H83ClN22O6. The second kappa shape index (κ2) is 27.0. The quantitative estimate of drug-likeness (QED) is 0.127. The smallest absolute Gasteiger partial charge is 0.280 e. The van der Waals surface area contributed by atoms with Crippen molar-refractivity contribution >= 4 is 72.8 Å². The lowest BCUT2D eigenvalue weighted by molar-refractivity contribution is 0.340. The van der Waals surface area contributed by atoms with Crippen molar-refractivity contribution in [2.24, 2.45) is 17.3 Å². The summed E-state index contributed by atoms with van der Waals surface area (Å²) in [5, 5.41) is 22.8. The second-order valence-electron chi connectivity index (χ2n) is 28.6. The zero-order valence-corrected chi connectivity index (χ0v) is 59.0. The van der Waals surface area contributed by atoms with Crippen LogP contribution in [0.4, 0.5) is 11.6 Å². The van der Waals surface area contributed by atoms with E-state index >= 15 is 0 Å². The van der Waals surface area contributed by atoms with Crippen molar-refractivity contribution in [3.8, 4) is 0 Å². The maximum absolute atomic E-state index is 12.4. The Balaban J connectivity index is 0.000000161. The van der Waals surface area contributed by atoms with Crippen LogP contribution in [0.5, 0.6) is 0 Å². The fourth-order valence-corrected chi connectivity index (χ4v) is 9.89. The normalized spacial score (nSPS) is 13.1. The average molecular weight is 1320 g/mol. The minimum absolute atomic E-state index is 0.0249. The third-order valence-electron chi connectivity index (χ3n) is 14.7. The van der Waals surface area contributed by atoms with Gasteiger partial charge >= 0.3 is 0 Å². The Bertz CT molecular complexity index is 5170. The van der Waals surface area contributed by atoms with Crippen LogP contribution in [0.2, 0.25) is 5.02 Å². The number of aromatic nitrogens is 19. The molecule has 0 spiro atoms. The van der Waals surface area contributed by atoms with Gasteiger partial charge in [0.2, 0.25) is 0 Å². The highest BCUT2D eigenvalue weighted by molar-refractivity contribution is 6.35. The summed E-state index contributed by atoms with van der Waals surface area (Å²) in [6, 6.07) is 6.58. The molecule has 0 saturated carbocycles. The van der Waals surface area contributed by atoms with Gasteiger partial charge in [-0.1, -0.05) is 23.2 Å². The first kappa shape index (κ1) is 72.3. The van der Waals surface area contributed by atoms with Gasteiger partial charge in [0.1, 0.15) is 60.2 Å². The standard InChI is InChI=1S/C13H14N4O.C11H12ClN3O.C11H16N4O.C11H13N3O.2C10H14N4O/c1-8-6-9(14-5)16-11-10(8)12(18)17(7-15-11)13(2,3)4;1-11(2,3)15-6-14-9-8(10(15)16)7(12)4-5-13-9;1-7-8-9(14(5)13-7)12-6-15(10(8)16)11(2,3)4;1-11(2,3)14-10(15)8-5-4-6-12-9(8)7-13-14;1-7-8-9(15)13(10(2,3)4)6-12-14(8)5-11-7;1-6-7-8(13-12-6)11-5-14(9(7)15)10(2,3)4/h6-7H,1-4H3;4-6H,1-3H3;6H,1-5H3;4-7H,1-3H3;2*5-6H,1-4H3. The van der Waals surface area contributed by atoms with E-state index in [0.717, 1.165) is 11.3 Å². The van der Waals surface area contributed by atoms with E-state index in [-0.39, 0.29) is 78.4 Å². The van der Waals surface area contributed by atoms with Crippen LogP contribution in [0.15, 0.2) is 120 Å². The Hall–Kier alpha value is -10.2. The Morgan fingerprint density at radius 2 is 1.05 bits per heavy atom. The van der Waals surface area contributed by atoms with Gasteiger partial charge in [-0.25, -0.2) is 38.8 Å². The van der Waals surface area contributed by atoms with Crippen LogP contribution in [0.25, 0.3) is 54.4 Å². The number of hydrogen-bond donors (Lipinski definition) is 0. The molecule has 0 amide bonds. The summed E-state index contributed by atoms with van der Waals surface area (Å²) in [4.78, 5) is 109. The molecule has 1 aliphatic heterocycles. The van der Waals surface area contributed by atoms with Crippen LogP contribution >= 0.6 is 11.6 Å². The third-order valence-corrected chi connectivity index (χ3v) is 15.1. The highest BCUT2D eigenvalue weighted by atomic mass is 35.5. The predicted octanol–water partition coefficient (Wildman–Crippen LogP) is 10.5. The maximum atomic E-state index is 12.4. The molecule has 11 aromatic rings. The number of imidazole rings is 1. The van der Waals surface area contributed by atoms with Crippen LogP contribution < -0.4 is 33.4 Å². The van der Waals surface area contributed by atoms with E-state index in [2.05, 4.69) is 70.2 Å². The van der Waals surface area contributed by atoms with Gasteiger partial charge in [0.15, 0.2) is 22.6 Å². The number of azo groups is 1. The summed E-state index contributed by atoms with van der Waals surface area (Å²) in [5.74, 6) is 0.730. The molecule has 12 heterocycles. The molecule has 1 atom stereocenters. The predicted molar refractivity (Wildman–Crippen MR) is 368 cm³/mol. The van der Waals surface area contributed by atoms with Gasteiger partial charge in [0.25, 0.3) is 44.8 Å². The molecular weight excluding hydrogens is 1230 g/mol. The van der Waals surface area contributed by atoms with Gasteiger partial charge in [-0.15, -0.1) is 5.11 Å². The van der Waals surface area contributed by atoms with E-state index in [1.807, 2.05) is 145 Å². The van der Waals surface area contributed by atoms with Gasteiger partial charge in [-0.2, -0.15) is 25.4 Å². The number of aryl methyl sites for hydroxylation is 4. The van der Waals surface area contributed by atoms with Crippen molar-refractivity contribution in [3.05, 3.63) is 182 Å². The van der Waals surface area contributed by atoms with Crippen molar-refractivity contribution in [2.75, 3.05) is 0 Å². The Kier molecular flexibility index (Phi) is 20.6. The van der Waals surface area contributed by atoms with Gasteiger partial charge < -0.3 is 4.85 Å². The lowest BCUT2D eigenvalue weighted by Crippen LogP contribution is -2.35. The minimum atomic E-state index is -0.330. The van der Waals surface area contributed by atoms with E-state index in [9.17, 15) is 28.8 Å². The maximum Gasteiger partial charge on any atom is 0.280 e. The molecule has 0 saturated heterocycles. The highest BCUT2D eigenvalue weighted by Crippen LogP contribution is 2.31. The Morgan fingerprint density at radius 1 is 0.526 bits per heavy atom. The summed E-state index contributed by atoms with van der Waals surface area (Å²) < 4.78 is 12.7. The van der Waals surface area contributed by atoms with Gasteiger partial charge in [-0.3, -0.25) is 56.6 Å². The molecule has 0 aromatic carbocycles. The number of fused-ring (bicyclic) bond motifs is 6. The highest BCUT2D eigenvalue weighted by Gasteiger charge is 2.27. The average Bonchev–Trinajstić information content (AvgIpc) is 1.78. The molecule has 0 fully saturated rings. The summed E-state index contributed by atoms with van der Waals surface area (Å²) in [6.45, 7) is 49.5. The van der Waals surface area contributed by atoms with Crippen molar-refractivity contribution in [3.63, 3.8) is 0 Å². The molecule has 95 heavy (non-hydrogen) atoms. The summed E-state index contributed by atoms with van der Waals surface area (Å²) in [5.41, 5.74) is 3.13. The second-order valence-corrected chi connectivity index (χ2v) is 29.0. The van der Waals surface area contributed by atoms with Gasteiger partial charge in [-0.05, 0) is 182 Å². The molecule has 0 bridgehead atoms. The molecule has 1 aliphatic rings. The molecule has 29 heteroatoms. The monoisotopic (exact) mass is 1310 g/mol. The Morgan fingerprint density at radius 3 is 1.62 bits per heavy atom. The zero-order chi connectivity index (χ0) is 71.0. The van der Waals surface area contributed by atoms with Gasteiger partial charge in [0.05, 0.1) is 44.6 Å². The number of pyridine rings is 3. The SMILES string of the molecule is CC(C)(C)n1cnc2nccc(Cl)c2c1=O.CC(C)(C)n1ncc2ncccc2c1=O.CC1N=Nc2ncn(C(C)(C)C)c(=O)c21.Cc1ncn2ncn(C(C)(C)C)c(=O)c12.Cc1nn(C)c2ncn(C(C)(C)C)c(=O)c12.[C-]#[N+]c1cc(C)c2c(=O)n(C(C)(C)C)cnc2n1. The molecule has 0 radical (unpaired) electrons. The first-order chi connectivity index (χ1) is 43.9. The fraction of sp³-hybridized carbons (Fsp3) is 0.455. The summed E-state index contributed by atoms with van der Waals surface area (Å²) in [6.07, 6.45) is 14.1. The first-order valence-corrected chi connectivity index (χ1v) is 30.8. The van der Waals surface area contributed by atoms with Crippen molar-refractivity contribution < 1.29 is 0 Å². The molecule has 28 nitrogen and oxygen atoms in total. The molecule has 0 aliphatic carbocycles. The minimum Gasteiger partial charge on any atom is -0.361 e. The number of rotatable bonds is 0. The summed E-state index contributed by atoms with van der Waals surface area (Å²) >= 11 is 5.99. The van der Waals surface area contributed by atoms with Crippen molar-refractivity contribution in [2.45, 2.75) is 192 Å². The molecule has 1 unspecified atom stereocenters. The largest absolute Gasteiger partial charge is 0.361 e.